The zero-order valence-corrected chi connectivity index (χ0v) is 16.7. The number of carbonyl (C=O) groups is 3. The molecule has 10 heteroatoms. The van der Waals surface area contributed by atoms with Crippen molar-refractivity contribution in [2.24, 2.45) is 0 Å². The fourth-order valence-electron chi connectivity index (χ4n) is 3.25. The Hall–Kier alpha value is -4.73. The Morgan fingerprint density at radius 2 is 1.62 bits per heavy atom. The van der Waals surface area contributed by atoms with Gasteiger partial charge in [-0.2, -0.15) is 0 Å². The highest BCUT2D eigenvalue weighted by atomic mass is 16.6. The van der Waals surface area contributed by atoms with Crippen molar-refractivity contribution < 1.29 is 24.0 Å². The molecule has 0 unspecified atom stereocenters. The van der Waals surface area contributed by atoms with Crippen LogP contribution in [0.4, 0.5) is 16.2 Å². The number of hydrogen-bond donors (Lipinski definition) is 1. The maximum Gasteiger partial charge on any atom is 0.335 e. The Kier molecular flexibility index (Phi) is 5.25. The molecular weight excluding hydrogens is 416 g/mol. The molecule has 4 amide bonds. The standard InChI is InChI=1S/C22H16N4O6/c1-32-18-10-8-15(9-11-18)25-21(28)19(20(27)23-22(25)29)13-17-3-2-12-24(17)14-4-6-16(7-5-14)26(30)31/h2-13H,1H3,(H,23,27,29)/b19-13-. The molecule has 160 valence electrons. The second-order valence-corrected chi connectivity index (χ2v) is 6.73. The van der Waals surface area contributed by atoms with Crippen LogP contribution >= 0.6 is 0 Å². The zero-order valence-electron chi connectivity index (χ0n) is 16.7. The van der Waals surface area contributed by atoms with E-state index in [-0.39, 0.29) is 16.9 Å². The van der Waals surface area contributed by atoms with Crippen LogP contribution in [0.25, 0.3) is 11.8 Å². The molecule has 1 aromatic heterocycles. The summed E-state index contributed by atoms with van der Waals surface area (Å²) in [6.45, 7) is 0. The molecule has 4 rings (SSSR count). The number of urea groups is 1. The highest BCUT2D eigenvalue weighted by Crippen LogP contribution is 2.25. The van der Waals surface area contributed by atoms with Crippen LogP contribution in [0.1, 0.15) is 5.69 Å². The number of nitro groups is 1. The average Bonchev–Trinajstić information content (AvgIpc) is 3.25. The van der Waals surface area contributed by atoms with Crippen LogP contribution in [-0.4, -0.2) is 34.4 Å². The van der Waals surface area contributed by atoms with Crippen molar-refractivity contribution in [3.63, 3.8) is 0 Å². The molecule has 0 aliphatic carbocycles. The SMILES string of the molecule is COc1ccc(N2C(=O)NC(=O)/C(=C/c3cccn3-c3ccc([N+](=O)[O-])cc3)C2=O)cc1. The Morgan fingerprint density at radius 1 is 0.969 bits per heavy atom. The number of aromatic nitrogens is 1. The van der Waals surface area contributed by atoms with Gasteiger partial charge in [-0.3, -0.25) is 25.0 Å². The van der Waals surface area contributed by atoms with Crippen molar-refractivity contribution in [2.75, 3.05) is 12.0 Å². The summed E-state index contributed by atoms with van der Waals surface area (Å²) in [4.78, 5) is 49.1. The first kappa shape index (κ1) is 20.5. The largest absolute Gasteiger partial charge is 0.497 e. The fourth-order valence-corrected chi connectivity index (χ4v) is 3.25. The molecule has 0 radical (unpaired) electrons. The third kappa shape index (κ3) is 3.72. The second kappa shape index (κ2) is 8.19. The van der Waals surface area contributed by atoms with Crippen LogP contribution in [0.3, 0.4) is 0 Å². The third-order valence-electron chi connectivity index (χ3n) is 4.84. The number of methoxy groups -OCH3 is 1. The Labute approximate surface area is 181 Å². The number of ether oxygens (including phenoxy) is 1. The van der Waals surface area contributed by atoms with Gasteiger partial charge in [0.1, 0.15) is 11.3 Å². The second-order valence-electron chi connectivity index (χ2n) is 6.73. The van der Waals surface area contributed by atoms with Crippen LogP contribution in [-0.2, 0) is 9.59 Å². The minimum absolute atomic E-state index is 0.0590. The van der Waals surface area contributed by atoms with Gasteiger partial charge in [-0.05, 0) is 54.6 Å². The van der Waals surface area contributed by atoms with Gasteiger partial charge in [0.05, 0.1) is 17.7 Å². The number of nitrogens with one attached hydrogen (secondary N) is 1. The lowest BCUT2D eigenvalue weighted by Gasteiger charge is -2.26. The fraction of sp³-hybridized carbons (Fsp3) is 0.0455. The van der Waals surface area contributed by atoms with Crippen LogP contribution < -0.4 is 15.0 Å². The quantitative estimate of drug-likeness (QED) is 0.286. The lowest BCUT2D eigenvalue weighted by molar-refractivity contribution is -0.384. The number of non-ortho nitro benzene ring substituents is 1. The van der Waals surface area contributed by atoms with Gasteiger partial charge in [-0.1, -0.05) is 0 Å². The van der Waals surface area contributed by atoms with E-state index in [2.05, 4.69) is 5.32 Å². The van der Waals surface area contributed by atoms with Gasteiger partial charge < -0.3 is 9.30 Å². The summed E-state index contributed by atoms with van der Waals surface area (Å²) in [6, 6.07) is 14.6. The number of nitrogens with zero attached hydrogens (tertiary/aromatic N) is 3. The van der Waals surface area contributed by atoms with Gasteiger partial charge in [0, 0.05) is 29.7 Å². The summed E-state index contributed by atoms with van der Waals surface area (Å²) in [5.41, 5.74) is 1.05. The van der Waals surface area contributed by atoms with Crippen molar-refractivity contribution in [3.8, 4) is 11.4 Å². The van der Waals surface area contributed by atoms with E-state index in [4.69, 9.17) is 4.74 Å². The lowest BCUT2D eigenvalue weighted by Crippen LogP contribution is -2.54. The molecule has 1 aliphatic rings. The first-order valence-electron chi connectivity index (χ1n) is 9.37. The number of benzene rings is 2. The Morgan fingerprint density at radius 3 is 2.25 bits per heavy atom. The monoisotopic (exact) mass is 432 g/mol. The van der Waals surface area contributed by atoms with E-state index in [1.807, 2.05) is 0 Å². The number of carbonyl (C=O) groups excluding carboxylic acids is 3. The van der Waals surface area contributed by atoms with E-state index >= 15 is 0 Å². The van der Waals surface area contributed by atoms with Crippen molar-refractivity contribution in [3.05, 3.63) is 88.2 Å². The topological polar surface area (TPSA) is 124 Å². The summed E-state index contributed by atoms with van der Waals surface area (Å²) < 4.78 is 6.74. The number of nitro benzene ring substituents is 1. The van der Waals surface area contributed by atoms with Crippen LogP contribution in [0.2, 0.25) is 0 Å². The Bertz CT molecular complexity index is 1260. The number of amides is 4. The minimum Gasteiger partial charge on any atom is -0.497 e. The molecule has 3 aromatic rings. The van der Waals surface area contributed by atoms with Crippen LogP contribution in [0, 0.1) is 10.1 Å². The summed E-state index contributed by atoms with van der Waals surface area (Å²) in [5, 5.41) is 13.1. The predicted molar refractivity (Wildman–Crippen MR) is 114 cm³/mol. The molecule has 0 atom stereocenters. The van der Waals surface area contributed by atoms with Crippen LogP contribution in [0.15, 0.2) is 72.4 Å². The highest BCUT2D eigenvalue weighted by Gasteiger charge is 2.37. The van der Waals surface area contributed by atoms with Crippen molar-refractivity contribution in [1.29, 1.82) is 0 Å². The van der Waals surface area contributed by atoms with E-state index < -0.39 is 22.8 Å². The number of rotatable bonds is 5. The van der Waals surface area contributed by atoms with Gasteiger partial charge in [0.15, 0.2) is 0 Å². The molecule has 1 N–H and O–H groups in total. The highest BCUT2D eigenvalue weighted by molar-refractivity contribution is 6.39. The molecular formula is C22H16N4O6. The Balaban J connectivity index is 1.70. The first-order valence-corrected chi connectivity index (χ1v) is 9.37. The van der Waals surface area contributed by atoms with Crippen molar-refractivity contribution >= 4 is 35.3 Å². The molecule has 0 bridgehead atoms. The first-order chi connectivity index (χ1) is 15.4. The van der Waals surface area contributed by atoms with Gasteiger partial charge in [-0.15, -0.1) is 0 Å². The lowest BCUT2D eigenvalue weighted by atomic mass is 10.1. The predicted octanol–water partition coefficient (Wildman–Crippen LogP) is 3.06. The van der Waals surface area contributed by atoms with Crippen LogP contribution in [0.5, 0.6) is 5.75 Å². The number of imide groups is 2. The summed E-state index contributed by atoms with van der Waals surface area (Å²) >= 11 is 0. The smallest absolute Gasteiger partial charge is 0.335 e. The normalized spacial score (nSPS) is 15.1. The molecule has 0 saturated carbocycles. The molecule has 32 heavy (non-hydrogen) atoms. The van der Waals surface area contributed by atoms with Gasteiger partial charge in [-0.25, -0.2) is 9.69 Å². The van der Waals surface area contributed by atoms with Gasteiger partial charge >= 0.3 is 6.03 Å². The number of anilines is 1. The van der Waals surface area contributed by atoms with Gasteiger partial charge in [0.25, 0.3) is 17.5 Å². The maximum atomic E-state index is 13.1. The summed E-state index contributed by atoms with van der Waals surface area (Å²) in [5.74, 6) is -1.05. The van der Waals surface area contributed by atoms with E-state index in [1.54, 1.807) is 47.2 Å². The molecule has 2 heterocycles. The van der Waals surface area contributed by atoms with E-state index in [0.29, 0.717) is 17.1 Å². The summed E-state index contributed by atoms with van der Waals surface area (Å²) in [6.07, 6.45) is 3.05. The van der Waals surface area contributed by atoms with E-state index in [9.17, 15) is 24.5 Å². The van der Waals surface area contributed by atoms with E-state index in [0.717, 1.165) is 4.90 Å². The summed E-state index contributed by atoms with van der Waals surface area (Å²) in [7, 11) is 1.49. The minimum atomic E-state index is -0.854. The van der Waals surface area contributed by atoms with Crippen molar-refractivity contribution in [2.45, 2.75) is 0 Å². The third-order valence-corrected chi connectivity index (χ3v) is 4.84. The molecule has 0 spiro atoms. The zero-order chi connectivity index (χ0) is 22.8. The van der Waals surface area contributed by atoms with Crippen molar-refractivity contribution in [1.82, 2.24) is 9.88 Å². The maximum absolute atomic E-state index is 13.1. The van der Waals surface area contributed by atoms with E-state index in [1.165, 1.54) is 37.5 Å². The average molecular weight is 432 g/mol. The molecule has 1 saturated heterocycles. The van der Waals surface area contributed by atoms with Gasteiger partial charge in [0.2, 0.25) is 0 Å². The molecule has 2 aromatic carbocycles. The molecule has 1 fully saturated rings. The molecule has 1 aliphatic heterocycles. The number of hydrogen-bond acceptors (Lipinski definition) is 6. The molecule has 10 nitrogen and oxygen atoms in total. The number of barbiturate groups is 1.